The quantitative estimate of drug-likeness (QED) is 0.796. The number of hydrogen-bond donors (Lipinski definition) is 1. The Morgan fingerprint density at radius 1 is 1.10 bits per heavy atom. The zero-order chi connectivity index (χ0) is 13.9. The molecule has 2 aromatic heterocycles. The van der Waals surface area contributed by atoms with Gasteiger partial charge in [-0.05, 0) is 35.9 Å². The van der Waals surface area contributed by atoms with Gasteiger partial charge in [-0.3, -0.25) is 10.1 Å². The van der Waals surface area contributed by atoms with Crippen LogP contribution in [0, 0.1) is 0 Å². The average molecular weight is 286 g/mol. The Labute approximate surface area is 121 Å². The molecule has 4 nitrogen and oxygen atoms in total. The van der Waals surface area contributed by atoms with Crippen LogP contribution in [0.5, 0.6) is 5.75 Å². The van der Waals surface area contributed by atoms with Crippen LogP contribution in [-0.4, -0.2) is 22.3 Å². The molecule has 0 aliphatic rings. The summed E-state index contributed by atoms with van der Waals surface area (Å²) in [7, 11) is 1.60. The standard InChI is InChI=1S/C15H12ClN3O/c1-20-14-3-2-11(8-13(14)16)15-12(9-18-19-15)10-4-6-17-7-5-10/h2-9H,1H3,(H,18,19). The summed E-state index contributed by atoms with van der Waals surface area (Å²) < 4.78 is 5.17. The molecule has 0 fully saturated rings. The number of rotatable bonds is 3. The van der Waals surface area contributed by atoms with Crippen molar-refractivity contribution in [3.8, 4) is 28.1 Å². The van der Waals surface area contributed by atoms with E-state index < -0.39 is 0 Å². The minimum Gasteiger partial charge on any atom is -0.495 e. The summed E-state index contributed by atoms with van der Waals surface area (Å²) >= 11 is 6.18. The number of benzene rings is 1. The molecule has 0 spiro atoms. The summed E-state index contributed by atoms with van der Waals surface area (Å²) in [6.45, 7) is 0. The highest BCUT2D eigenvalue weighted by Gasteiger charge is 2.11. The number of nitrogens with one attached hydrogen (secondary N) is 1. The van der Waals surface area contributed by atoms with Crippen LogP contribution in [-0.2, 0) is 0 Å². The molecule has 3 aromatic rings. The molecular weight excluding hydrogens is 274 g/mol. The summed E-state index contributed by atoms with van der Waals surface area (Å²) in [5.74, 6) is 0.653. The van der Waals surface area contributed by atoms with Crippen molar-refractivity contribution in [1.82, 2.24) is 15.2 Å². The number of nitrogens with zero attached hydrogens (tertiary/aromatic N) is 2. The van der Waals surface area contributed by atoms with Crippen molar-refractivity contribution in [2.45, 2.75) is 0 Å². The molecule has 5 heteroatoms. The largest absolute Gasteiger partial charge is 0.495 e. The summed E-state index contributed by atoms with van der Waals surface area (Å²) in [5.41, 5.74) is 3.94. The van der Waals surface area contributed by atoms with Gasteiger partial charge in [0.1, 0.15) is 5.75 Å². The van der Waals surface area contributed by atoms with Crippen LogP contribution in [0.15, 0.2) is 48.9 Å². The lowest BCUT2D eigenvalue weighted by molar-refractivity contribution is 0.415. The van der Waals surface area contributed by atoms with E-state index in [0.717, 1.165) is 22.4 Å². The van der Waals surface area contributed by atoms with E-state index in [1.807, 2.05) is 30.3 Å². The van der Waals surface area contributed by atoms with E-state index in [0.29, 0.717) is 10.8 Å². The van der Waals surface area contributed by atoms with Crippen molar-refractivity contribution >= 4 is 11.6 Å². The summed E-state index contributed by atoms with van der Waals surface area (Å²) in [6.07, 6.45) is 5.31. The molecule has 2 heterocycles. The second kappa shape index (κ2) is 5.35. The maximum atomic E-state index is 6.18. The lowest BCUT2D eigenvalue weighted by Gasteiger charge is -2.07. The second-order valence-corrected chi connectivity index (χ2v) is 4.65. The molecule has 0 aliphatic heterocycles. The highest BCUT2D eigenvalue weighted by atomic mass is 35.5. The number of aromatic nitrogens is 3. The average Bonchev–Trinajstić information content (AvgIpc) is 2.97. The first kappa shape index (κ1) is 12.7. The van der Waals surface area contributed by atoms with E-state index in [-0.39, 0.29) is 0 Å². The van der Waals surface area contributed by atoms with Gasteiger partial charge in [-0.1, -0.05) is 11.6 Å². The molecule has 0 amide bonds. The Morgan fingerprint density at radius 3 is 2.60 bits per heavy atom. The zero-order valence-corrected chi connectivity index (χ0v) is 11.6. The molecule has 0 bridgehead atoms. The van der Waals surface area contributed by atoms with Crippen LogP contribution in [0.4, 0.5) is 0 Å². The van der Waals surface area contributed by atoms with Crippen molar-refractivity contribution in [3.63, 3.8) is 0 Å². The monoisotopic (exact) mass is 285 g/mol. The third kappa shape index (κ3) is 2.26. The van der Waals surface area contributed by atoms with Crippen molar-refractivity contribution in [3.05, 3.63) is 53.9 Å². The molecule has 1 aromatic carbocycles. The minimum absolute atomic E-state index is 0.570. The fourth-order valence-corrected chi connectivity index (χ4v) is 2.34. The summed E-state index contributed by atoms with van der Waals surface area (Å²) in [5, 5.41) is 7.71. The van der Waals surface area contributed by atoms with Gasteiger partial charge in [-0.25, -0.2) is 0 Å². The van der Waals surface area contributed by atoms with Crippen LogP contribution < -0.4 is 4.74 Å². The molecule has 1 N–H and O–H groups in total. The molecule has 3 rings (SSSR count). The van der Waals surface area contributed by atoms with Gasteiger partial charge >= 0.3 is 0 Å². The van der Waals surface area contributed by atoms with E-state index in [1.165, 1.54) is 0 Å². The Bertz CT molecular complexity index is 725. The van der Waals surface area contributed by atoms with E-state index in [9.17, 15) is 0 Å². The number of halogens is 1. The first-order chi connectivity index (χ1) is 9.79. The third-order valence-corrected chi connectivity index (χ3v) is 3.37. The third-order valence-electron chi connectivity index (χ3n) is 3.07. The van der Waals surface area contributed by atoms with Crippen LogP contribution >= 0.6 is 11.6 Å². The molecule has 0 aliphatic carbocycles. The van der Waals surface area contributed by atoms with Crippen LogP contribution in [0.1, 0.15) is 0 Å². The number of H-pyrrole nitrogens is 1. The molecule has 0 atom stereocenters. The maximum Gasteiger partial charge on any atom is 0.137 e. The van der Waals surface area contributed by atoms with Gasteiger partial charge in [-0.2, -0.15) is 5.10 Å². The highest BCUT2D eigenvalue weighted by molar-refractivity contribution is 6.32. The van der Waals surface area contributed by atoms with E-state index in [2.05, 4.69) is 15.2 Å². The lowest BCUT2D eigenvalue weighted by Crippen LogP contribution is -1.87. The van der Waals surface area contributed by atoms with Crippen molar-refractivity contribution in [2.24, 2.45) is 0 Å². The fourth-order valence-electron chi connectivity index (χ4n) is 2.08. The molecule has 0 unspecified atom stereocenters. The highest BCUT2D eigenvalue weighted by Crippen LogP contribution is 2.34. The van der Waals surface area contributed by atoms with Crippen LogP contribution in [0.2, 0.25) is 5.02 Å². The number of methoxy groups -OCH3 is 1. The van der Waals surface area contributed by atoms with Crippen molar-refractivity contribution in [1.29, 1.82) is 0 Å². The maximum absolute atomic E-state index is 6.18. The molecule has 0 saturated carbocycles. The molecule has 20 heavy (non-hydrogen) atoms. The summed E-state index contributed by atoms with van der Waals surface area (Å²) in [4.78, 5) is 4.03. The van der Waals surface area contributed by atoms with Gasteiger partial charge in [0.2, 0.25) is 0 Å². The van der Waals surface area contributed by atoms with Crippen LogP contribution in [0.25, 0.3) is 22.4 Å². The number of ether oxygens (including phenoxy) is 1. The van der Waals surface area contributed by atoms with Gasteiger partial charge in [0, 0.05) is 23.5 Å². The van der Waals surface area contributed by atoms with E-state index in [4.69, 9.17) is 16.3 Å². The topological polar surface area (TPSA) is 50.8 Å². The fraction of sp³-hybridized carbons (Fsp3) is 0.0667. The Morgan fingerprint density at radius 2 is 1.90 bits per heavy atom. The van der Waals surface area contributed by atoms with Gasteiger partial charge in [-0.15, -0.1) is 0 Å². The smallest absolute Gasteiger partial charge is 0.137 e. The van der Waals surface area contributed by atoms with Gasteiger partial charge in [0.15, 0.2) is 0 Å². The minimum atomic E-state index is 0.570. The van der Waals surface area contributed by atoms with E-state index >= 15 is 0 Å². The normalized spacial score (nSPS) is 10.5. The van der Waals surface area contributed by atoms with Crippen molar-refractivity contribution in [2.75, 3.05) is 7.11 Å². The second-order valence-electron chi connectivity index (χ2n) is 4.24. The first-order valence-corrected chi connectivity index (χ1v) is 6.45. The van der Waals surface area contributed by atoms with Gasteiger partial charge < -0.3 is 4.74 Å². The van der Waals surface area contributed by atoms with Crippen molar-refractivity contribution < 1.29 is 4.74 Å². The molecule has 0 saturated heterocycles. The molecule has 100 valence electrons. The Balaban J connectivity index is 2.08. The predicted molar refractivity (Wildman–Crippen MR) is 78.8 cm³/mol. The van der Waals surface area contributed by atoms with E-state index in [1.54, 1.807) is 25.7 Å². The molecular formula is C15H12ClN3O. The zero-order valence-electron chi connectivity index (χ0n) is 10.8. The Hall–Kier alpha value is -2.33. The number of hydrogen-bond acceptors (Lipinski definition) is 3. The van der Waals surface area contributed by atoms with Crippen LogP contribution in [0.3, 0.4) is 0 Å². The first-order valence-electron chi connectivity index (χ1n) is 6.07. The SMILES string of the molecule is COc1ccc(-c2[nH]ncc2-c2ccncc2)cc1Cl. The van der Waals surface area contributed by atoms with Gasteiger partial charge in [0.05, 0.1) is 24.0 Å². The lowest BCUT2D eigenvalue weighted by atomic mass is 10.0. The Kier molecular flexibility index (Phi) is 3.39. The molecule has 0 radical (unpaired) electrons. The van der Waals surface area contributed by atoms with Gasteiger partial charge in [0.25, 0.3) is 0 Å². The number of aromatic amines is 1. The number of pyridine rings is 1. The summed E-state index contributed by atoms with van der Waals surface area (Å²) in [6, 6.07) is 9.54. The predicted octanol–water partition coefficient (Wildman–Crippen LogP) is 3.80.